The first kappa shape index (κ1) is 22.3. The van der Waals surface area contributed by atoms with E-state index in [0.29, 0.717) is 11.8 Å². The van der Waals surface area contributed by atoms with Crippen LogP contribution < -0.4 is 0 Å². The summed E-state index contributed by atoms with van der Waals surface area (Å²) >= 11 is 6.98. The number of hydrogen-bond acceptors (Lipinski definition) is 2. The molecule has 4 bridgehead atoms. The lowest BCUT2D eigenvalue weighted by Crippen LogP contribution is -2.55. The summed E-state index contributed by atoms with van der Waals surface area (Å²) in [5, 5.41) is 1.98. The van der Waals surface area contributed by atoms with Gasteiger partial charge in [-0.25, -0.2) is 9.97 Å². The summed E-state index contributed by atoms with van der Waals surface area (Å²) in [6.07, 6.45) is 6.87. The van der Waals surface area contributed by atoms with Crippen molar-refractivity contribution in [2.24, 2.45) is 23.7 Å². The number of benzene rings is 4. The fourth-order valence-electron chi connectivity index (χ4n) is 9.36. The van der Waals surface area contributed by atoms with Crippen molar-refractivity contribution >= 4 is 22.5 Å². The third-order valence-corrected chi connectivity index (χ3v) is 10.8. The van der Waals surface area contributed by atoms with Crippen LogP contribution in [0.2, 0.25) is 5.02 Å². The minimum absolute atomic E-state index is 0.0676. The molecule has 5 aliphatic rings. The Hall–Kier alpha value is -3.49. The average molecular weight is 525 g/mol. The van der Waals surface area contributed by atoms with Gasteiger partial charge in [-0.3, -0.25) is 0 Å². The quantitative estimate of drug-likeness (QED) is 0.230. The van der Waals surface area contributed by atoms with Gasteiger partial charge in [-0.2, -0.15) is 0 Å². The van der Waals surface area contributed by atoms with Gasteiger partial charge in [0.05, 0.1) is 11.2 Å². The van der Waals surface area contributed by atoms with Crippen LogP contribution >= 0.6 is 11.6 Å². The monoisotopic (exact) mass is 524 g/mol. The first-order valence-electron chi connectivity index (χ1n) is 14.5. The molecule has 0 saturated heterocycles. The zero-order chi connectivity index (χ0) is 25.7. The summed E-state index contributed by atoms with van der Waals surface area (Å²) in [6.45, 7) is 0. The highest BCUT2D eigenvalue weighted by Crippen LogP contribution is 2.70. The van der Waals surface area contributed by atoms with Crippen molar-refractivity contribution < 1.29 is 0 Å². The van der Waals surface area contributed by atoms with Crippen LogP contribution in [0.1, 0.15) is 43.2 Å². The number of hydrogen-bond donors (Lipinski definition) is 0. The number of nitrogens with zero attached hydrogens (tertiary/aromatic N) is 2. The van der Waals surface area contributed by atoms with Crippen LogP contribution in [0.5, 0.6) is 0 Å². The Morgan fingerprint density at radius 3 is 2.18 bits per heavy atom. The van der Waals surface area contributed by atoms with Gasteiger partial charge in [0.2, 0.25) is 0 Å². The molecule has 5 aromatic rings. The van der Waals surface area contributed by atoms with E-state index in [4.69, 9.17) is 21.6 Å². The minimum Gasteiger partial charge on any atom is -0.228 e. The molecule has 2 nitrogen and oxygen atoms in total. The second-order valence-electron chi connectivity index (χ2n) is 12.4. The number of aromatic nitrogens is 2. The van der Waals surface area contributed by atoms with Crippen LogP contribution in [0.4, 0.5) is 0 Å². The fraction of sp³-hybridized carbons (Fsp3) is 0.278. The van der Waals surface area contributed by atoms with Crippen molar-refractivity contribution in [3.05, 3.63) is 107 Å². The molecular weight excluding hydrogens is 496 g/mol. The van der Waals surface area contributed by atoms with Gasteiger partial charge in [0.25, 0.3) is 0 Å². The van der Waals surface area contributed by atoms with E-state index >= 15 is 0 Å². The topological polar surface area (TPSA) is 25.8 Å². The van der Waals surface area contributed by atoms with Crippen LogP contribution in [0, 0.1) is 23.7 Å². The molecule has 1 heterocycles. The van der Waals surface area contributed by atoms with Crippen molar-refractivity contribution in [3.63, 3.8) is 0 Å². The largest absolute Gasteiger partial charge is 0.228 e. The summed E-state index contributed by atoms with van der Waals surface area (Å²) in [4.78, 5) is 10.3. The number of halogens is 1. The molecule has 10 rings (SSSR count). The van der Waals surface area contributed by atoms with E-state index in [-0.39, 0.29) is 5.41 Å². The van der Waals surface area contributed by atoms with Crippen LogP contribution in [0.15, 0.2) is 91.0 Å². The summed E-state index contributed by atoms with van der Waals surface area (Å²) in [5.41, 5.74) is 9.84. The molecule has 5 aliphatic carbocycles. The van der Waals surface area contributed by atoms with E-state index < -0.39 is 0 Å². The molecule has 0 unspecified atom stereocenters. The molecule has 0 atom stereocenters. The zero-order valence-corrected chi connectivity index (χ0v) is 22.5. The van der Waals surface area contributed by atoms with E-state index in [0.717, 1.165) is 50.4 Å². The molecule has 4 saturated carbocycles. The van der Waals surface area contributed by atoms with Crippen molar-refractivity contribution in [2.45, 2.75) is 37.5 Å². The average Bonchev–Trinajstić information content (AvgIpc) is 3.26. The first-order valence-corrected chi connectivity index (χ1v) is 14.8. The third kappa shape index (κ3) is 2.99. The Bertz CT molecular complexity index is 1760. The second kappa shape index (κ2) is 8.02. The van der Waals surface area contributed by atoms with Crippen LogP contribution in [0.25, 0.3) is 44.7 Å². The molecular formula is C36H29ClN2. The predicted molar refractivity (Wildman–Crippen MR) is 159 cm³/mol. The van der Waals surface area contributed by atoms with Gasteiger partial charge in [0, 0.05) is 32.5 Å². The van der Waals surface area contributed by atoms with Gasteiger partial charge >= 0.3 is 0 Å². The molecule has 39 heavy (non-hydrogen) atoms. The van der Waals surface area contributed by atoms with Gasteiger partial charge in [0.1, 0.15) is 0 Å². The van der Waals surface area contributed by atoms with Crippen LogP contribution in [0.3, 0.4) is 0 Å². The highest BCUT2D eigenvalue weighted by Gasteiger charge is 2.61. The molecule has 4 fully saturated rings. The normalized spacial score (nSPS) is 27.7. The molecule has 0 aliphatic heterocycles. The van der Waals surface area contributed by atoms with Gasteiger partial charge in [-0.05, 0) is 90.7 Å². The number of rotatable bonds is 2. The molecule has 0 N–H and O–H groups in total. The highest BCUT2D eigenvalue weighted by molar-refractivity contribution is 6.34. The van der Waals surface area contributed by atoms with Crippen molar-refractivity contribution in [3.8, 4) is 33.8 Å². The molecule has 190 valence electrons. The van der Waals surface area contributed by atoms with E-state index in [1.165, 1.54) is 54.4 Å². The Morgan fingerprint density at radius 2 is 1.38 bits per heavy atom. The van der Waals surface area contributed by atoms with Crippen molar-refractivity contribution in [1.29, 1.82) is 0 Å². The predicted octanol–water partition coefficient (Wildman–Crippen LogP) is 9.34. The SMILES string of the molecule is Clc1cccc2c1-c1ccc(-c3nc(-c4ccccc4)c4ccccc4n3)cc1C21C2CC3CC(C2)CC1C3. The van der Waals surface area contributed by atoms with Gasteiger partial charge in [-0.1, -0.05) is 84.4 Å². The highest BCUT2D eigenvalue weighted by atomic mass is 35.5. The smallest absolute Gasteiger partial charge is 0.160 e. The summed E-state index contributed by atoms with van der Waals surface area (Å²) in [6, 6.07) is 32.5. The maximum atomic E-state index is 6.98. The molecule has 1 spiro atoms. The Kier molecular flexibility index (Phi) is 4.59. The van der Waals surface area contributed by atoms with Crippen LogP contribution in [-0.4, -0.2) is 9.97 Å². The van der Waals surface area contributed by atoms with Gasteiger partial charge in [0.15, 0.2) is 5.82 Å². The number of para-hydroxylation sites is 1. The van der Waals surface area contributed by atoms with Crippen molar-refractivity contribution in [1.82, 2.24) is 9.97 Å². The fourth-order valence-corrected chi connectivity index (χ4v) is 9.64. The van der Waals surface area contributed by atoms with Gasteiger partial charge < -0.3 is 0 Å². The lowest BCUT2D eigenvalue weighted by Gasteiger charge is -2.61. The summed E-state index contributed by atoms with van der Waals surface area (Å²) < 4.78 is 0. The van der Waals surface area contributed by atoms with E-state index in [2.05, 4.69) is 91.0 Å². The standard InChI is InChI=1S/C36H29ClN2/c37-31-11-6-10-29-33(31)27-14-13-24(20-30(27)36(29)25-16-21-15-22(18-25)19-26(36)17-21)35-38-32-12-5-4-9-28(32)34(39-35)23-7-2-1-3-8-23/h1-14,20-22,25-26H,15-19H2. The van der Waals surface area contributed by atoms with E-state index in [1.54, 1.807) is 0 Å². The zero-order valence-electron chi connectivity index (χ0n) is 21.8. The Labute approximate surface area is 234 Å². The molecule has 3 heteroatoms. The van der Waals surface area contributed by atoms with Crippen molar-refractivity contribution in [2.75, 3.05) is 0 Å². The summed E-state index contributed by atoms with van der Waals surface area (Å²) in [7, 11) is 0. The molecule has 4 aromatic carbocycles. The van der Waals surface area contributed by atoms with E-state index in [1.807, 2.05) is 0 Å². The lowest BCUT2D eigenvalue weighted by atomic mass is 9.43. The van der Waals surface area contributed by atoms with E-state index in [9.17, 15) is 0 Å². The molecule has 0 radical (unpaired) electrons. The van der Waals surface area contributed by atoms with Gasteiger partial charge in [-0.15, -0.1) is 0 Å². The van der Waals surface area contributed by atoms with Crippen LogP contribution in [-0.2, 0) is 5.41 Å². The Balaban J connectivity index is 1.29. The molecule has 0 amide bonds. The lowest BCUT2D eigenvalue weighted by molar-refractivity contribution is -0.0399. The third-order valence-electron chi connectivity index (χ3n) is 10.5. The summed E-state index contributed by atoms with van der Waals surface area (Å²) in [5.74, 6) is 4.01. The first-order chi connectivity index (χ1) is 19.2. The maximum absolute atomic E-state index is 6.98. The second-order valence-corrected chi connectivity index (χ2v) is 12.8. The minimum atomic E-state index is 0.0676. The number of fused-ring (bicyclic) bond motifs is 4. The maximum Gasteiger partial charge on any atom is 0.160 e. The Morgan fingerprint density at radius 1 is 0.641 bits per heavy atom. The molecule has 1 aromatic heterocycles.